The molecule has 0 amide bonds. The van der Waals surface area contributed by atoms with Crippen molar-refractivity contribution in [1.29, 1.82) is 0 Å². The van der Waals surface area contributed by atoms with Gasteiger partial charge in [-0.1, -0.05) is 12.1 Å². The fraction of sp³-hybridized carbons (Fsp3) is 0.588. The van der Waals surface area contributed by atoms with Crippen LogP contribution in [0.3, 0.4) is 0 Å². The van der Waals surface area contributed by atoms with E-state index in [1.54, 1.807) is 11.8 Å². The molecule has 23 heavy (non-hydrogen) atoms. The van der Waals surface area contributed by atoms with Crippen molar-refractivity contribution in [2.75, 3.05) is 33.4 Å². The summed E-state index contributed by atoms with van der Waals surface area (Å²) < 4.78 is 0. The van der Waals surface area contributed by atoms with E-state index in [1.807, 2.05) is 7.05 Å². The largest absolute Gasteiger partial charge is 0.355 e. The summed E-state index contributed by atoms with van der Waals surface area (Å²) in [5.74, 6) is 0.882. The highest BCUT2D eigenvalue weighted by Gasteiger charge is 2.20. The van der Waals surface area contributed by atoms with Crippen molar-refractivity contribution in [2.24, 2.45) is 4.99 Å². The Labute approximate surface area is 161 Å². The number of likely N-dealkylation sites (N-methyl/N-ethyl adjacent to an activating group) is 1. The first-order chi connectivity index (χ1) is 10.6. The van der Waals surface area contributed by atoms with E-state index < -0.39 is 0 Å². The van der Waals surface area contributed by atoms with Gasteiger partial charge in [0.2, 0.25) is 0 Å². The van der Waals surface area contributed by atoms with Gasteiger partial charge in [0.1, 0.15) is 0 Å². The minimum absolute atomic E-state index is 0. The van der Waals surface area contributed by atoms with Crippen LogP contribution in [0.25, 0.3) is 0 Å². The molecule has 0 aromatic heterocycles. The highest BCUT2D eigenvalue weighted by Crippen LogP contribution is 2.21. The van der Waals surface area contributed by atoms with E-state index in [0.29, 0.717) is 6.04 Å². The van der Waals surface area contributed by atoms with Crippen molar-refractivity contribution in [2.45, 2.75) is 37.2 Å². The van der Waals surface area contributed by atoms with Crippen LogP contribution in [0.5, 0.6) is 0 Å². The molecule has 4 nitrogen and oxygen atoms in total. The lowest BCUT2D eigenvalue weighted by molar-refractivity contribution is 0.309. The molecule has 0 saturated carbocycles. The molecule has 1 atom stereocenters. The average Bonchev–Trinajstić information content (AvgIpc) is 2.93. The van der Waals surface area contributed by atoms with Crippen LogP contribution in [0.1, 0.15) is 24.0 Å². The van der Waals surface area contributed by atoms with Crippen LogP contribution in [0, 0.1) is 6.92 Å². The van der Waals surface area contributed by atoms with Crippen molar-refractivity contribution in [1.82, 2.24) is 15.5 Å². The second-order valence-electron chi connectivity index (χ2n) is 5.90. The van der Waals surface area contributed by atoms with Crippen molar-refractivity contribution < 1.29 is 0 Å². The number of hydrogen-bond donors (Lipinski definition) is 2. The minimum atomic E-state index is 0. The topological polar surface area (TPSA) is 39.7 Å². The van der Waals surface area contributed by atoms with Crippen molar-refractivity contribution in [3.8, 4) is 0 Å². The van der Waals surface area contributed by atoms with Crippen LogP contribution in [0.15, 0.2) is 28.1 Å². The number of likely N-dealkylation sites (tertiary alicyclic amines) is 1. The number of thioether (sulfide) groups is 1. The molecule has 2 N–H and O–H groups in total. The summed E-state index contributed by atoms with van der Waals surface area (Å²) >= 11 is 1.80. The van der Waals surface area contributed by atoms with Crippen LogP contribution in [-0.4, -0.2) is 50.3 Å². The molecule has 0 aliphatic carbocycles. The van der Waals surface area contributed by atoms with Gasteiger partial charge >= 0.3 is 0 Å². The predicted molar refractivity (Wildman–Crippen MR) is 112 cm³/mol. The zero-order valence-electron chi connectivity index (χ0n) is 14.6. The number of guanidine groups is 1. The van der Waals surface area contributed by atoms with E-state index in [-0.39, 0.29) is 24.0 Å². The van der Waals surface area contributed by atoms with Crippen molar-refractivity contribution in [3.05, 3.63) is 29.3 Å². The summed E-state index contributed by atoms with van der Waals surface area (Å²) in [6.07, 6.45) is 4.70. The molecule has 1 saturated heterocycles. The fourth-order valence-corrected chi connectivity index (χ4v) is 3.56. The lowest BCUT2D eigenvalue weighted by atomic mass is 10.1. The molecule has 1 aliphatic heterocycles. The monoisotopic (exact) mass is 448 g/mol. The number of hydrogen-bond acceptors (Lipinski definition) is 3. The molecule has 1 aromatic rings. The Balaban J connectivity index is 0.00000264. The Bertz CT molecular complexity index is 521. The molecule has 2 rings (SSSR count). The van der Waals surface area contributed by atoms with Gasteiger partial charge in [0.05, 0.1) is 0 Å². The van der Waals surface area contributed by atoms with Crippen molar-refractivity contribution in [3.63, 3.8) is 0 Å². The number of benzene rings is 1. The molecule has 1 aromatic carbocycles. The second kappa shape index (κ2) is 10.4. The van der Waals surface area contributed by atoms with Crippen LogP contribution >= 0.6 is 35.7 Å². The molecule has 130 valence electrons. The van der Waals surface area contributed by atoms with Crippen LogP contribution < -0.4 is 10.6 Å². The lowest BCUT2D eigenvalue weighted by Crippen LogP contribution is -2.43. The quantitative estimate of drug-likeness (QED) is 0.314. The summed E-state index contributed by atoms with van der Waals surface area (Å²) in [4.78, 5) is 8.09. The Morgan fingerprint density at radius 2 is 2.17 bits per heavy atom. The Kier molecular flexibility index (Phi) is 9.31. The van der Waals surface area contributed by atoms with Gasteiger partial charge in [0, 0.05) is 31.1 Å². The summed E-state index contributed by atoms with van der Waals surface area (Å²) in [6, 6.07) is 7.23. The molecule has 6 heteroatoms. The van der Waals surface area contributed by atoms with Crippen LogP contribution in [0.4, 0.5) is 0 Å². The van der Waals surface area contributed by atoms with E-state index in [9.17, 15) is 0 Å². The molecular weight excluding hydrogens is 419 g/mol. The normalized spacial score (nSPS) is 18.6. The summed E-state index contributed by atoms with van der Waals surface area (Å²) in [5.41, 5.74) is 2.62. The molecule has 1 heterocycles. The molecule has 1 aliphatic rings. The van der Waals surface area contributed by atoms with Crippen molar-refractivity contribution >= 4 is 41.7 Å². The van der Waals surface area contributed by atoms with Crippen LogP contribution in [0.2, 0.25) is 0 Å². The first kappa shape index (κ1) is 20.6. The van der Waals surface area contributed by atoms with E-state index in [0.717, 1.165) is 19.0 Å². The molecular formula is C17H29IN4S. The third-order valence-electron chi connectivity index (χ3n) is 4.29. The van der Waals surface area contributed by atoms with Crippen LogP contribution in [-0.2, 0) is 6.54 Å². The zero-order chi connectivity index (χ0) is 15.9. The number of nitrogens with one attached hydrogen (secondary N) is 2. The van der Waals surface area contributed by atoms with Gasteiger partial charge in [-0.15, -0.1) is 35.7 Å². The first-order valence-corrected chi connectivity index (χ1v) is 9.14. The Morgan fingerprint density at radius 1 is 1.39 bits per heavy atom. The molecule has 1 unspecified atom stereocenters. The maximum absolute atomic E-state index is 4.33. The molecule has 1 fully saturated rings. The third-order valence-corrected chi connectivity index (χ3v) is 5.11. The van der Waals surface area contributed by atoms with Gasteiger partial charge in [0.15, 0.2) is 5.96 Å². The van der Waals surface area contributed by atoms with E-state index in [2.05, 4.69) is 59.0 Å². The minimum Gasteiger partial charge on any atom is -0.355 e. The number of rotatable bonds is 5. The summed E-state index contributed by atoms with van der Waals surface area (Å²) in [7, 11) is 4.03. The van der Waals surface area contributed by atoms with Gasteiger partial charge < -0.3 is 15.5 Å². The Morgan fingerprint density at radius 3 is 2.78 bits per heavy atom. The SMILES string of the molecule is CN=C(NCc1ccc(C)cc1SC)NCC1CCCN1C.I. The highest BCUT2D eigenvalue weighted by atomic mass is 127. The van der Waals surface area contributed by atoms with E-state index in [4.69, 9.17) is 0 Å². The lowest BCUT2D eigenvalue weighted by Gasteiger charge is -2.21. The van der Waals surface area contributed by atoms with Gasteiger partial charge in [0.25, 0.3) is 0 Å². The number of nitrogens with zero attached hydrogens (tertiary/aromatic N) is 2. The molecule has 0 spiro atoms. The summed E-state index contributed by atoms with van der Waals surface area (Å²) in [6.45, 7) is 5.10. The highest BCUT2D eigenvalue weighted by molar-refractivity contribution is 14.0. The maximum Gasteiger partial charge on any atom is 0.191 e. The van der Waals surface area contributed by atoms with Gasteiger partial charge in [-0.2, -0.15) is 0 Å². The van der Waals surface area contributed by atoms with Gasteiger partial charge in [-0.3, -0.25) is 4.99 Å². The van der Waals surface area contributed by atoms with E-state index in [1.165, 1.54) is 35.4 Å². The number of aliphatic imine (C=N–C) groups is 1. The standard InChI is InChI=1S/C17H28N4S.HI/c1-13-7-8-14(16(10-13)22-4)11-19-17(18-2)20-12-15-6-5-9-21(15)3;/h7-8,10,15H,5-6,9,11-12H2,1-4H3,(H2,18,19,20);1H. The second-order valence-corrected chi connectivity index (χ2v) is 6.75. The number of halogens is 1. The third kappa shape index (κ3) is 6.15. The first-order valence-electron chi connectivity index (χ1n) is 7.92. The maximum atomic E-state index is 4.33. The smallest absolute Gasteiger partial charge is 0.191 e. The van der Waals surface area contributed by atoms with E-state index >= 15 is 0 Å². The average molecular weight is 448 g/mol. The fourth-order valence-electron chi connectivity index (χ4n) is 2.85. The molecule has 0 radical (unpaired) electrons. The molecule has 0 bridgehead atoms. The summed E-state index contributed by atoms with van der Waals surface area (Å²) in [5, 5.41) is 6.88. The van der Waals surface area contributed by atoms with Gasteiger partial charge in [-0.25, -0.2) is 0 Å². The Hall–Kier alpha value is -0.470. The number of aryl methyl sites for hydroxylation is 1. The predicted octanol–water partition coefficient (Wildman–Crippen LogP) is 3.09. The van der Waals surface area contributed by atoms with Gasteiger partial charge in [-0.05, 0) is 56.8 Å². The zero-order valence-corrected chi connectivity index (χ0v) is 17.7.